The average Bonchev–Trinajstić information content (AvgIpc) is 3.29. The van der Waals surface area contributed by atoms with Crippen LogP contribution in [0.2, 0.25) is 0 Å². The van der Waals surface area contributed by atoms with E-state index in [0.29, 0.717) is 33.3 Å². The number of aryl methyl sites for hydroxylation is 1. The van der Waals surface area contributed by atoms with E-state index in [1.165, 1.54) is 24.4 Å². The predicted molar refractivity (Wildman–Crippen MR) is 150 cm³/mol. The molecule has 0 spiro atoms. The van der Waals surface area contributed by atoms with Crippen molar-refractivity contribution in [1.82, 2.24) is 24.8 Å². The fourth-order valence-electron chi connectivity index (χ4n) is 4.65. The number of hydrogen-bond donors (Lipinski definition) is 2. The molecule has 3 heterocycles. The summed E-state index contributed by atoms with van der Waals surface area (Å²) in [6.45, 7) is 3.47. The number of fused-ring (bicyclic) bond motifs is 1. The lowest BCUT2D eigenvalue weighted by Gasteiger charge is -2.12. The number of nitrogens with zero attached hydrogens (tertiary/aromatic N) is 5. The highest BCUT2D eigenvalue weighted by molar-refractivity contribution is 6.10. The first-order valence-corrected chi connectivity index (χ1v) is 12.6. The van der Waals surface area contributed by atoms with Crippen LogP contribution >= 0.6 is 0 Å². The first-order chi connectivity index (χ1) is 20.5. The van der Waals surface area contributed by atoms with Crippen molar-refractivity contribution in [2.45, 2.75) is 12.7 Å². The van der Waals surface area contributed by atoms with Crippen molar-refractivity contribution in [2.24, 2.45) is 7.05 Å². The minimum atomic E-state index is -4.67. The van der Waals surface area contributed by atoms with Gasteiger partial charge in [0.1, 0.15) is 23.5 Å². The lowest BCUT2D eigenvalue weighted by Crippen LogP contribution is -2.20. The van der Waals surface area contributed by atoms with Gasteiger partial charge in [-0.15, -0.1) is 0 Å². The van der Waals surface area contributed by atoms with Gasteiger partial charge in [0.2, 0.25) is 5.91 Å². The monoisotopic (exact) mass is 587 g/mol. The Morgan fingerprint density at radius 2 is 1.93 bits per heavy atom. The molecule has 0 fully saturated rings. The fraction of sp³-hybridized carbons (Fsp3) is 0.100. The minimum absolute atomic E-state index is 0.0799. The molecule has 1 amide bonds. The molecule has 3 aromatic heterocycles. The number of benzene rings is 2. The summed E-state index contributed by atoms with van der Waals surface area (Å²) >= 11 is 0. The number of nitrogens with one attached hydrogen (secondary N) is 1. The van der Waals surface area contributed by atoms with Crippen molar-refractivity contribution in [1.29, 1.82) is 5.26 Å². The molecule has 2 aromatic carbocycles. The number of carbonyl (C=O) groups is 1. The average molecular weight is 588 g/mol. The van der Waals surface area contributed by atoms with Crippen LogP contribution in [0.5, 0.6) is 11.8 Å². The van der Waals surface area contributed by atoms with Crippen molar-refractivity contribution in [3.05, 3.63) is 96.2 Å². The van der Waals surface area contributed by atoms with Gasteiger partial charge in [0.15, 0.2) is 5.69 Å². The Kier molecular flexibility index (Phi) is 7.52. The first-order valence-electron chi connectivity index (χ1n) is 12.6. The molecule has 3 N–H and O–H groups in total. The van der Waals surface area contributed by atoms with Gasteiger partial charge in [0.25, 0.3) is 0 Å². The number of amides is 1. The zero-order valence-electron chi connectivity index (χ0n) is 22.4. The molecule has 43 heavy (non-hydrogen) atoms. The van der Waals surface area contributed by atoms with Crippen LogP contribution in [0.15, 0.2) is 73.6 Å². The van der Waals surface area contributed by atoms with Crippen molar-refractivity contribution < 1.29 is 27.1 Å². The molecule has 0 aliphatic heterocycles. The summed E-state index contributed by atoms with van der Waals surface area (Å²) in [5.41, 5.74) is 7.87. The second-order valence-corrected chi connectivity index (χ2v) is 9.26. The Hall–Kier alpha value is -5.77. The number of carbonyl (C=O) groups excluding carboxylic acids is 1. The van der Waals surface area contributed by atoms with Crippen molar-refractivity contribution in [2.75, 3.05) is 5.73 Å². The van der Waals surface area contributed by atoms with E-state index in [-0.39, 0.29) is 29.2 Å². The molecular formula is C30H21F4N7O2. The molecule has 216 valence electrons. The predicted octanol–water partition coefficient (Wildman–Crippen LogP) is 5.90. The van der Waals surface area contributed by atoms with Gasteiger partial charge in [0, 0.05) is 37.1 Å². The van der Waals surface area contributed by atoms with E-state index in [2.05, 4.69) is 32.9 Å². The second-order valence-electron chi connectivity index (χ2n) is 9.26. The zero-order valence-corrected chi connectivity index (χ0v) is 22.4. The molecular weight excluding hydrogens is 566 g/mol. The molecule has 5 aromatic rings. The molecule has 0 aliphatic carbocycles. The van der Waals surface area contributed by atoms with Gasteiger partial charge in [-0.05, 0) is 47.5 Å². The Morgan fingerprint density at radius 1 is 1.19 bits per heavy atom. The third-order valence-corrected chi connectivity index (χ3v) is 6.58. The van der Waals surface area contributed by atoms with Crippen LogP contribution in [0, 0.1) is 17.1 Å². The van der Waals surface area contributed by atoms with Gasteiger partial charge in [-0.3, -0.25) is 4.79 Å². The highest BCUT2D eigenvalue weighted by Gasteiger charge is 2.33. The fourth-order valence-corrected chi connectivity index (χ4v) is 4.65. The molecule has 13 heteroatoms. The third-order valence-electron chi connectivity index (χ3n) is 6.58. The largest absolute Gasteiger partial charge is 0.433 e. The number of hydrogen-bond acceptors (Lipinski definition) is 7. The summed E-state index contributed by atoms with van der Waals surface area (Å²) in [6, 6.07) is 13.0. The van der Waals surface area contributed by atoms with Gasteiger partial charge in [-0.2, -0.15) is 23.4 Å². The highest BCUT2D eigenvalue weighted by atomic mass is 19.4. The number of pyridine rings is 1. The highest BCUT2D eigenvalue weighted by Crippen LogP contribution is 2.44. The van der Waals surface area contributed by atoms with Crippen molar-refractivity contribution in [3.63, 3.8) is 0 Å². The van der Waals surface area contributed by atoms with Crippen molar-refractivity contribution >= 4 is 22.6 Å². The van der Waals surface area contributed by atoms with Crippen LogP contribution in [0.3, 0.4) is 0 Å². The van der Waals surface area contributed by atoms with Crippen LogP contribution in [-0.2, 0) is 24.6 Å². The maximum Gasteiger partial charge on any atom is 0.433 e. The van der Waals surface area contributed by atoms with Gasteiger partial charge in [0.05, 0.1) is 22.2 Å². The molecule has 0 radical (unpaired) electrons. The Labute approximate surface area is 241 Å². The normalized spacial score (nSPS) is 11.3. The summed E-state index contributed by atoms with van der Waals surface area (Å²) in [6.07, 6.45) is -1.28. The first kappa shape index (κ1) is 28.7. The number of nitrogen functional groups attached to an aromatic ring is 1. The summed E-state index contributed by atoms with van der Waals surface area (Å²) in [4.78, 5) is 22.9. The van der Waals surface area contributed by atoms with Crippen LogP contribution in [0.4, 0.5) is 23.4 Å². The van der Waals surface area contributed by atoms with E-state index in [0.717, 1.165) is 18.3 Å². The number of nitriles is 1. The SMILES string of the molecule is C=CC(=O)NCc1ccc(-c2c(-c3ccc(Oc4nccc(C(F)(F)F)n4)cc3)c3c(N)ncc(C#N)c3n2C)c(F)c1. The van der Waals surface area contributed by atoms with Crippen LogP contribution < -0.4 is 15.8 Å². The summed E-state index contributed by atoms with van der Waals surface area (Å²) < 4.78 is 61.9. The standard InChI is InChI=1S/C30H21F4N7O2/c1-3-23(42)38-14-16-4-9-20(21(31)12-16)27-24(25-26(41(27)2)18(13-35)15-39-28(25)36)17-5-7-19(8-6-17)43-29-37-11-10-22(40-29)30(32,33)34/h3-12,15H,1,14H2,2H3,(H2,36,39)(H,38,42). The number of anilines is 1. The van der Waals surface area contributed by atoms with Crippen molar-refractivity contribution in [3.8, 4) is 40.2 Å². The summed E-state index contributed by atoms with van der Waals surface area (Å²) in [7, 11) is 1.67. The minimum Gasteiger partial charge on any atom is -0.424 e. The molecule has 0 aliphatic rings. The van der Waals surface area contributed by atoms with Crippen LogP contribution in [0.1, 0.15) is 16.8 Å². The Bertz CT molecular complexity index is 1930. The molecule has 0 atom stereocenters. The Balaban J connectivity index is 1.61. The van der Waals surface area contributed by atoms with Gasteiger partial charge in [-0.25, -0.2) is 14.4 Å². The van der Waals surface area contributed by atoms with E-state index < -0.39 is 29.6 Å². The lowest BCUT2D eigenvalue weighted by molar-refractivity contribution is -0.141. The number of ether oxygens (including phenoxy) is 1. The second kappa shape index (κ2) is 11.2. The number of nitrogens with two attached hydrogens (primary N) is 1. The smallest absolute Gasteiger partial charge is 0.424 e. The topological polar surface area (TPSA) is 132 Å². The zero-order chi connectivity index (χ0) is 30.9. The van der Waals surface area contributed by atoms with E-state index in [1.54, 1.807) is 35.9 Å². The molecule has 9 nitrogen and oxygen atoms in total. The van der Waals surface area contributed by atoms with Gasteiger partial charge in [-0.1, -0.05) is 24.8 Å². The summed E-state index contributed by atoms with van der Waals surface area (Å²) in [5.74, 6) is -0.748. The maximum atomic E-state index is 15.7. The Morgan fingerprint density at radius 3 is 2.58 bits per heavy atom. The van der Waals surface area contributed by atoms with Crippen LogP contribution in [0.25, 0.3) is 33.3 Å². The lowest BCUT2D eigenvalue weighted by atomic mass is 9.97. The molecule has 0 bridgehead atoms. The quantitative estimate of drug-likeness (QED) is 0.179. The van der Waals surface area contributed by atoms with Gasteiger partial charge >= 0.3 is 12.2 Å². The van der Waals surface area contributed by atoms with Gasteiger partial charge < -0.3 is 20.4 Å². The molecule has 0 saturated carbocycles. The van der Waals surface area contributed by atoms with E-state index in [1.807, 2.05) is 0 Å². The summed E-state index contributed by atoms with van der Waals surface area (Å²) in [5, 5.41) is 12.8. The third kappa shape index (κ3) is 5.58. The number of rotatable bonds is 7. The van der Waals surface area contributed by atoms with Crippen LogP contribution in [-0.4, -0.2) is 25.4 Å². The number of halogens is 4. The van der Waals surface area contributed by atoms with E-state index >= 15 is 4.39 Å². The maximum absolute atomic E-state index is 15.7. The molecule has 5 rings (SSSR count). The van der Waals surface area contributed by atoms with E-state index in [9.17, 15) is 23.2 Å². The number of aromatic nitrogens is 4. The number of alkyl halides is 3. The molecule has 0 saturated heterocycles. The van der Waals surface area contributed by atoms with E-state index in [4.69, 9.17) is 10.5 Å². The molecule has 0 unspecified atom stereocenters.